The van der Waals surface area contributed by atoms with Gasteiger partial charge in [0, 0.05) is 44.8 Å². The van der Waals surface area contributed by atoms with Crippen molar-refractivity contribution in [3.8, 4) is 0 Å². The molecule has 0 amide bonds. The van der Waals surface area contributed by atoms with Crippen molar-refractivity contribution >= 4 is 23.1 Å². The van der Waals surface area contributed by atoms with Gasteiger partial charge in [-0.3, -0.25) is 19.3 Å². The second kappa shape index (κ2) is 6.39. The third-order valence-electron chi connectivity index (χ3n) is 4.29. The van der Waals surface area contributed by atoms with E-state index >= 15 is 0 Å². The molecule has 0 aliphatic carbocycles. The summed E-state index contributed by atoms with van der Waals surface area (Å²) in [7, 11) is 0. The fourth-order valence-corrected chi connectivity index (χ4v) is 3.02. The molecule has 0 unspecified atom stereocenters. The Morgan fingerprint density at radius 3 is 2.38 bits per heavy atom. The first-order valence-electron chi connectivity index (χ1n) is 8.08. The second-order valence-electron chi connectivity index (χ2n) is 5.80. The Kier molecular flexibility index (Phi) is 3.92. The third-order valence-corrected chi connectivity index (χ3v) is 4.29. The van der Waals surface area contributed by atoms with Crippen LogP contribution < -0.4 is 15.4 Å². The van der Waals surface area contributed by atoms with Gasteiger partial charge in [-0.25, -0.2) is 15.0 Å². The number of rotatable bonds is 3. The highest BCUT2D eigenvalue weighted by Gasteiger charge is 2.30. The highest BCUT2D eigenvalue weighted by Crippen LogP contribution is 2.24. The van der Waals surface area contributed by atoms with Gasteiger partial charge in [0.25, 0.3) is 0 Å². The van der Waals surface area contributed by atoms with Crippen molar-refractivity contribution in [3.05, 3.63) is 63.3 Å². The summed E-state index contributed by atoms with van der Waals surface area (Å²) in [5.41, 5.74) is -0.797. The average Bonchev–Trinajstić information content (AvgIpc) is 2.68. The molecule has 1 fully saturated rings. The molecule has 1 saturated heterocycles. The zero-order chi connectivity index (χ0) is 18.1. The number of nitro groups is 1. The van der Waals surface area contributed by atoms with E-state index in [1.54, 1.807) is 41.6 Å². The molecule has 0 bridgehead atoms. The zero-order valence-corrected chi connectivity index (χ0v) is 13.7. The summed E-state index contributed by atoms with van der Waals surface area (Å²) in [6.45, 7) is 2.12. The van der Waals surface area contributed by atoms with E-state index < -0.39 is 16.2 Å². The van der Waals surface area contributed by atoms with Crippen LogP contribution in [0.15, 0.2) is 47.7 Å². The van der Waals surface area contributed by atoms with Gasteiger partial charge < -0.3 is 9.80 Å². The lowest BCUT2D eigenvalue weighted by Gasteiger charge is -2.34. The Morgan fingerprint density at radius 1 is 1.00 bits per heavy atom. The first-order valence-corrected chi connectivity index (χ1v) is 8.08. The van der Waals surface area contributed by atoms with E-state index in [4.69, 9.17) is 0 Å². The minimum atomic E-state index is -0.676. The van der Waals surface area contributed by atoms with Crippen LogP contribution in [0, 0.1) is 10.1 Å². The number of hydrogen-bond acceptors (Lipinski definition) is 8. The monoisotopic (exact) mass is 353 g/mol. The molecule has 26 heavy (non-hydrogen) atoms. The van der Waals surface area contributed by atoms with Crippen molar-refractivity contribution in [1.82, 2.24) is 19.4 Å². The van der Waals surface area contributed by atoms with Crippen molar-refractivity contribution in [1.29, 1.82) is 0 Å². The number of hydrogen-bond donors (Lipinski definition) is 0. The maximum absolute atomic E-state index is 12.5. The van der Waals surface area contributed by atoms with Crippen molar-refractivity contribution in [2.45, 2.75) is 0 Å². The van der Waals surface area contributed by atoms with Gasteiger partial charge >= 0.3 is 11.2 Å². The van der Waals surface area contributed by atoms with Gasteiger partial charge in [-0.15, -0.1) is 0 Å². The Balaban J connectivity index is 1.68. The van der Waals surface area contributed by atoms with Gasteiger partial charge in [0.1, 0.15) is 5.65 Å². The molecule has 0 N–H and O–H groups in total. The quantitative estimate of drug-likeness (QED) is 0.500. The molecule has 1 aliphatic heterocycles. The standard InChI is InChI=1S/C16H15N7O3/c24-15-13(23(25)26)14(19-12-4-1-2-7-22(12)15)20-8-10-21(11-9-20)16-17-5-3-6-18-16/h1-7H,8-11H2. The van der Waals surface area contributed by atoms with Crippen molar-refractivity contribution in [2.24, 2.45) is 0 Å². The molecule has 3 aromatic rings. The summed E-state index contributed by atoms with van der Waals surface area (Å²) < 4.78 is 1.19. The van der Waals surface area contributed by atoms with Crippen LogP contribution in [-0.2, 0) is 0 Å². The van der Waals surface area contributed by atoms with Crippen LogP contribution in [0.3, 0.4) is 0 Å². The molecule has 0 aromatic carbocycles. The van der Waals surface area contributed by atoms with Crippen molar-refractivity contribution < 1.29 is 4.92 Å². The SMILES string of the molecule is O=c1c([N+](=O)[O-])c(N2CCN(c3ncccn3)CC2)nc2ccccn12. The van der Waals surface area contributed by atoms with Gasteiger partial charge in [0.2, 0.25) is 11.8 Å². The van der Waals surface area contributed by atoms with Crippen LogP contribution in [0.5, 0.6) is 0 Å². The van der Waals surface area contributed by atoms with Crippen LogP contribution in [0.1, 0.15) is 0 Å². The largest absolute Gasteiger partial charge is 0.376 e. The topological polar surface area (TPSA) is 110 Å². The number of aromatic nitrogens is 4. The summed E-state index contributed by atoms with van der Waals surface area (Å²) in [6.07, 6.45) is 4.82. The van der Waals surface area contributed by atoms with E-state index in [9.17, 15) is 14.9 Å². The minimum Gasteiger partial charge on any atom is -0.347 e. The lowest BCUT2D eigenvalue weighted by Crippen LogP contribution is -2.48. The van der Waals surface area contributed by atoms with E-state index in [-0.39, 0.29) is 5.82 Å². The molecule has 4 rings (SSSR count). The van der Waals surface area contributed by atoms with Gasteiger partial charge in [-0.05, 0) is 18.2 Å². The van der Waals surface area contributed by atoms with E-state index in [2.05, 4.69) is 15.0 Å². The van der Waals surface area contributed by atoms with Crippen LogP contribution in [-0.4, -0.2) is 50.5 Å². The van der Waals surface area contributed by atoms with Crippen molar-refractivity contribution in [3.63, 3.8) is 0 Å². The number of piperazine rings is 1. The normalized spacial score (nSPS) is 14.6. The van der Waals surface area contributed by atoms with Gasteiger partial charge in [0.15, 0.2) is 0 Å². The number of pyridine rings is 1. The highest BCUT2D eigenvalue weighted by molar-refractivity contribution is 5.62. The molecule has 0 saturated carbocycles. The summed E-state index contributed by atoms with van der Waals surface area (Å²) in [5, 5.41) is 11.5. The maximum atomic E-state index is 12.5. The minimum absolute atomic E-state index is 0.111. The van der Waals surface area contributed by atoms with E-state index in [1.165, 1.54) is 10.6 Å². The van der Waals surface area contributed by atoms with Gasteiger partial charge in [-0.2, -0.15) is 0 Å². The highest BCUT2D eigenvalue weighted by atomic mass is 16.6. The van der Waals surface area contributed by atoms with E-state index in [1.807, 2.05) is 4.90 Å². The zero-order valence-electron chi connectivity index (χ0n) is 13.7. The fraction of sp³-hybridized carbons (Fsp3) is 0.250. The van der Waals surface area contributed by atoms with Crippen molar-refractivity contribution in [2.75, 3.05) is 36.0 Å². The van der Waals surface area contributed by atoms with E-state index in [0.29, 0.717) is 37.8 Å². The Morgan fingerprint density at radius 2 is 1.69 bits per heavy atom. The average molecular weight is 353 g/mol. The van der Waals surface area contributed by atoms with Crippen LogP contribution in [0.25, 0.3) is 5.65 Å². The number of anilines is 2. The van der Waals surface area contributed by atoms with Gasteiger partial charge in [-0.1, -0.05) is 6.07 Å². The molecule has 10 nitrogen and oxygen atoms in total. The second-order valence-corrected chi connectivity index (χ2v) is 5.80. The molecule has 4 heterocycles. The first kappa shape index (κ1) is 15.9. The third kappa shape index (κ3) is 2.70. The Labute approximate surface area is 147 Å². The number of nitrogens with zero attached hydrogens (tertiary/aromatic N) is 7. The summed E-state index contributed by atoms with van der Waals surface area (Å²) >= 11 is 0. The molecule has 3 aromatic heterocycles. The molecule has 0 atom stereocenters. The first-order chi connectivity index (χ1) is 12.6. The fourth-order valence-electron chi connectivity index (χ4n) is 3.02. The molecule has 132 valence electrons. The number of fused-ring (bicyclic) bond motifs is 1. The Bertz CT molecular complexity index is 1010. The van der Waals surface area contributed by atoms with Crippen LogP contribution in [0.2, 0.25) is 0 Å². The predicted octanol–water partition coefficient (Wildman–Crippen LogP) is 0.719. The molecule has 0 radical (unpaired) electrons. The Hall–Kier alpha value is -3.56. The predicted molar refractivity (Wildman–Crippen MR) is 94.6 cm³/mol. The molecule has 10 heteroatoms. The molecular formula is C16H15N7O3. The maximum Gasteiger partial charge on any atom is 0.376 e. The molecule has 1 aliphatic rings. The summed E-state index contributed by atoms with van der Waals surface area (Å²) in [4.78, 5) is 40.0. The van der Waals surface area contributed by atoms with Crippen LogP contribution in [0.4, 0.5) is 17.5 Å². The summed E-state index contributed by atoms with van der Waals surface area (Å²) in [5.74, 6) is 0.730. The van der Waals surface area contributed by atoms with Crippen LogP contribution >= 0.6 is 0 Å². The van der Waals surface area contributed by atoms with Gasteiger partial charge in [0.05, 0.1) is 4.92 Å². The summed E-state index contributed by atoms with van der Waals surface area (Å²) in [6, 6.07) is 6.78. The lowest BCUT2D eigenvalue weighted by molar-refractivity contribution is -0.385. The van der Waals surface area contributed by atoms with E-state index in [0.717, 1.165) is 0 Å². The molecule has 0 spiro atoms. The lowest BCUT2D eigenvalue weighted by atomic mass is 10.3. The molecular weight excluding hydrogens is 338 g/mol. The smallest absolute Gasteiger partial charge is 0.347 e.